The van der Waals surface area contributed by atoms with Gasteiger partial charge in [0.25, 0.3) is 0 Å². The Balaban J connectivity index is 1.92. The van der Waals surface area contributed by atoms with Crippen molar-refractivity contribution < 1.29 is 4.79 Å². The third kappa shape index (κ3) is 3.43. The predicted molar refractivity (Wildman–Crippen MR) is 99.7 cm³/mol. The molecule has 0 N–H and O–H groups in total. The van der Waals surface area contributed by atoms with Crippen molar-refractivity contribution in [3.05, 3.63) is 23.7 Å². The van der Waals surface area contributed by atoms with Gasteiger partial charge in [0.05, 0.1) is 11.3 Å². The first-order valence-corrected chi connectivity index (χ1v) is 9.17. The van der Waals surface area contributed by atoms with Gasteiger partial charge in [-0.1, -0.05) is 0 Å². The van der Waals surface area contributed by atoms with Gasteiger partial charge >= 0.3 is 0 Å². The molecule has 1 aliphatic rings. The van der Waals surface area contributed by atoms with Crippen LogP contribution >= 0.6 is 0 Å². The standard InChI is InChI=1S/C19H27N5O/c1-5-23(6-2)19(25)15-8-7-9-24(11-15)18-16-13(3)10-14(4)22-17(16)20-12-21-18/h10,12,15H,5-9,11H2,1-4H3. The SMILES string of the molecule is CCN(CC)C(=O)C1CCCN(c2ncnc3nc(C)cc(C)c23)C1. The van der Waals surface area contributed by atoms with Crippen molar-refractivity contribution in [1.82, 2.24) is 19.9 Å². The Kier molecular flexibility index (Phi) is 5.16. The van der Waals surface area contributed by atoms with Crippen molar-refractivity contribution in [3.8, 4) is 0 Å². The van der Waals surface area contributed by atoms with Gasteiger partial charge in [-0.15, -0.1) is 0 Å². The zero-order valence-corrected chi connectivity index (χ0v) is 15.6. The van der Waals surface area contributed by atoms with E-state index in [-0.39, 0.29) is 11.8 Å². The minimum atomic E-state index is 0.0392. The Bertz CT molecular complexity index is 772. The van der Waals surface area contributed by atoms with Crippen LogP contribution in [0.25, 0.3) is 11.0 Å². The van der Waals surface area contributed by atoms with Crippen LogP contribution < -0.4 is 4.90 Å². The second-order valence-electron chi connectivity index (χ2n) is 6.77. The number of rotatable bonds is 4. The van der Waals surface area contributed by atoms with Crippen LogP contribution in [0.2, 0.25) is 0 Å². The molecule has 0 bridgehead atoms. The average molecular weight is 341 g/mol. The van der Waals surface area contributed by atoms with Gasteiger partial charge in [-0.05, 0) is 52.2 Å². The zero-order chi connectivity index (χ0) is 18.0. The van der Waals surface area contributed by atoms with Gasteiger partial charge in [0.1, 0.15) is 12.1 Å². The predicted octanol–water partition coefficient (Wildman–Crippen LogP) is 2.73. The van der Waals surface area contributed by atoms with E-state index < -0.39 is 0 Å². The number of amides is 1. The summed E-state index contributed by atoms with van der Waals surface area (Å²) in [4.78, 5) is 30.4. The van der Waals surface area contributed by atoms with Crippen molar-refractivity contribution >= 4 is 22.8 Å². The van der Waals surface area contributed by atoms with Crippen molar-refractivity contribution in [3.63, 3.8) is 0 Å². The Morgan fingerprint density at radius 2 is 2.04 bits per heavy atom. The monoisotopic (exact) mass is 341 g/mol. The Morgan fingerprint density at radius 1 is 1.28 bits per heavy atom. The molecule has 2 aromatic heterocycles. The molecule has 25 heavy (non-hydrogen) atoms. The Morgan fingerprint density at radius 3 is 2.76 bits per heavy atom. The highest BCUT2D eigenvalue weighted by molar-refractivity contribution is 5.90. The first kappa shape index (κ1) is 17.6. The van der Waals surface area contributed by atoms with Gasteiger partial charge in [0.15, 0.2) is 5.65 Å². The lowest BCUT2D eigenvalue weighted by molar-refractivity contribution is -0.135. The van der Waals surface area contributed by atoms with Crippen LogP contribution in [0.15, 0.2) is 12.4 Å². The molecule has 1 fully saturated rings. The van der Waals surface area contributed by atoms with E-state index in [0.717, 1.165) is 67.1 Å². The molecule has 3 rings (SSSR count). The van der Waals surface area contributed by atoms with Gasteiger partial charge in [0.2, 0.25) is 5.91 Å². The summed E-state index contributed by atoms with van der Waals surface area (Å²) < 4.78 is 0. The summed E-state index contributed by atoms with van der Waals surface area (Å²) in [5, 5.41) is 1.00. The quantitative estimate of drug-likeness (QED) is 0.856. The largest absolute Gasteiger partial charge is 0.355 e. The fourth-order valence-corrected chi connectivity index (χ4v) is 3.79. The first-order chi connectivity index (χ1) is 12.0. The molecule has 3 heterocycles. The third-order valence-corrected chi connectivity index (χ3v) is 5.05. The van der Waals surface area contributed by atoms with E-state index in [1.54, 1.807) is 6.33 Å². The van der Waals surface area contributed by atoms with Crippen LogP contribution in [0.4, 0.5) is 5.82 Å². The maximum absolute atomic E-state index is 12.8. The fourth-order valence-electron chi connectivity index (χ4n) is 3.79. The van der Waals surface area contributed by atoms with Gasteiger partial charge in [-0.3, -0.25) is 4.79 Å². The van der Waals surface area contributed by atoms with Gasteiger partial charge in [-0.2, -0.15) is 0 Å². The molecule has 0 radical (unpaired) electrons. The van der Waals surface area contributed by atoms with Crippen molar-refractivity contribution in [2.24, 2.45) is 5.92 Å². The molecule has 1 unspecified atom stereocenters. The lowest BCUT2D eigenvalue weighted by Crippen LogP contribution is -2.45. The maximum atomic E-state index is 12.8. The maximum Gasteiger partial charge on any atom is 0.227 e. The Labute approximate surface area is 149 Å². The van der Waals surface area contributed by atoms with E-state index in [0.29, 0.717) is 0 Å². The molecule has 6 nitrogen and oxygen atoms in total. The summed E-state index contributed by atoms with van der Waals surface area (Å²) in [6.45, 7) is 11.3. The number of piperidine rings is 1. The summed E-state index contributed by atoms with van der Waals surface area (Å²) in [7, 11) is 0. The van der Waals surface area contributed by atoms with Crippen molar-refractivity contribution in [2.45, 2.75) is 40.5 Å². The molecular formula is C19H27N5O. The second kappa shape index (κ2) is 7.33. The van der Waals surface area contributed by atoms with E-state index in [9.17, 15) is 4.79 Å². The highest BCUT2D eigenvalue weighted by atomic mass is 16.2. The normalized spacial score (nSPS) is 17.8. The number of carbonyl (C=O) groups is 1. The minimum absolute atomic E-state index is 0.0392. The number of hydrogen-bond donors (Lipinski definition) is 0. The number of aryl methyl sites for hydroxylation is 2. The van der Waals surface area contributed by atoms with Crippen LogP contribution in [0.5, 0.6) is 0 Å². The number of nitrogens with zero attached hydrogens (tertiary/aromatic N) is 5. The van der Waals surface area contributed by atoms with E-state index in [1.165, 1.54) is 0 Å². The van der Waals surface area contributed by atoms with Gasteiger partial charge < -0.3 is 9.80 Å². The number of aromatic nitrogens is 3. The van der Waals surface area contributed by atoms with E-state index in [1.807, 2.05) is 25.7 Å². The molecule has 0 aliphatic carbocycles. The number of fused-ring (bicyclic) bond motifs is 1. The van der Waals surface area contributed by atoms with Crippen LogP contribution in [0.3, 0.4) is 0 Å². The molecule has 0 spiro atoms. The van der Waals surface area contributed by atoms with Crippen LogP contribution in [-0.4, -0.2) is 51.9 Å². The third-order valence-electron chi connectivity index (χ3n) is 5.05. The lowest BCUT2D eigenvalue weighted by atomic mass is 9.96. The van der Waals surface area contributed by atoms with Gasteiger partial charge in [-0.25, -0.2) is 15.0 Å². The number of hydrogen-bond acceptors (Lipinski definition) is 5. The molecule has 0 aromatic carbocycles. The molecule has 1 atom stereocenters. The summed E-state index contributed by atoms with van der Waals surface area (Å²) in [6, 6.07) is 2.07. The average Bonchev–Trinajstić information content (AvgIpc) is 2.62. The van der Waals surface area contributed by atoms with E-state index >= 15 is 0 Å². The fraction of sp³-hybridized carbons (Fsp3) is 0.579. The topological polar surface area (TPSA) is 62.2 Å². The van der Waals surface area contributed by atoms with E-state index in [2.05, 4.69) is 32.8 Å². The molecule has 1 saturated heterocycles. The highest BCUT2D eigenvalue weighted by Gasteiger charge is 2.30. The highest BCUT2D eigenvalue weighted by Crippen LogP contribution is 2.29. The molecule has 0 saturated carbocycles. The first-order valence-electron chi connectivity index (χ1n) is 9.17. The minimum Gasteiger partial charge on any atom is -0.355 e. The van der Waals surface area contributed by atoms with Crippen LogP contribution in [0.1, 0.15) is 37.9 Å². The molecule has 1 aliphatic heterocycles. The number of pyridine rings is 1. The summed E-state index contributed by atoms with van der Waals surface area (Å²) in [6.07, 6.45) is 3.53. The zero-order valence-electron chi connectivity index (χ0n) is 15.6. The molecular weight excluding hydrogens is 314 g/mol. The summed E-state index contributed by atoms with van der Waals surface area (Å²) >= 11 is 0. The van der Waals surface area contributed by atoms with Crippen molar-refractivity contribution in [2.75, 3.05) is 31.1 Å². The van der Waals surface area contributed by atoms with Gasteiger partial charge in [0, 0.05) is 31.9 Å². The smallest absolute Gasteiger partial charge is 0.227 e. The molecule has 134 valence electrons. The number of carbonyl (C=O) groups excluding carboxylic acids is 1. The molecule has 1 amide bonds. The van der Waals surface area contributed by atoms with E-state index in [4.69, 9.17) is 0 Å². The van der Waals surface area contributed by atoms with Crippen LogP contribution in [0, 0.1) is 19.8 Å². The summed E-state index contributed by atoms with van der Waals surface area (Å²) in [5.41, 5.74) is 2.83. The summed E-state index contributed by atoms with van der Waals surface area (Å²) in [5.74, 6) is 1.21. The molecule has 2 aromatic rings. The Hall–Kier alpha value is -2.24. The number of anilines is 1. The lowest BCUT2D eigenvalue weighted by Gasteiger charge is -2.35. The molecule has 6 heteroatoms. The van der Waals surface area contributed by atoms with Crippen molar-refractivity contribution in [1.29, 1.82) is 0 Å². The van der Waals surface area contributed by atoms with Crippen LogP contribution in [-0.2, 0) is 4.79 Å². The second-order valence-corrected chi connectivity index (χ2v) is 6.77.